The van der Waals surface area contributed by atoms with Crippen molar-refractivity contribution in [1.29, 1.82) is 0 Å². The lowest BCUT2D eigenvalue weighted by molar-refractivity contribution is -0.147. The number of hydrogen-bond donors (Lipinski definition) is 2. The van der Waals surface area contributed by atoms with Gasteiger partial charge in [-0.1, -0.05) is 30.3 Å². The third-order valence-electron chi connectivity index (χ3n) is 5.40. The Morgan fingerprint density at radius 2 is 1.88 bits per heavy atom. The molecule has 1 aromatic rings. The van der Waals surface area contributed by atoms with Crippen LogP contribution in [0.4, 0.5) is 0 Å². The first-order chi connectivity index (χ1) is 11.6. The monoisotopic (exact) mass is 331 g/mol. The number of carbonyl (C=O) groups excluding carboxylic acids is 1. The minimum Gasteiger partial charge on any atom is -0.479 e. The van der Waals surface area contributed by atoms with E-state index < -0.39 is 11.5 Å². The molecule has 0 bridgehead atoms. The van der Waals surface area contributed by atoms with Crippen LogP contribution < -0.4 is 5.32 Å². The zero-order chi connectivity index (χ0) is 17.0. The highest BCUT2D eigenvalue weighted by Gasteiger charge is 2.44. The van der Waals surface area contributed by atoms with Gasteiger partial charge in [0.25, 0.3) is 0 Å². The Morgan fingerprint density at radius 1 is 1.17 bits per heavy atom. The second-order valence-corrected chi connectivity index (χ2v) is 7.07. The zero-order valence-corrected chi connectivity index (χ0v) is 13.9. The number of aliphatic carboxylic acids is 1. The lowest BCUT2D eigenvalue weighted by atomic mass is 9.77. The van der Waals surface area contributed by atoms with Crippen molar-refractivity contribution in [2.75, 3.05) is 13.2 Å². The van der Waals surface area contributed by atoms with Crippen LogP contribution in [0.15, 0.2) is 30.3 Å². The number of ether oxygens (including phenoxy) is 1. The van der Waals surface area contributed by atoms with Gasteiger partial charge in [0, 0.05) is 19.4 Å². The Kier molecular flexibility index (Phi) is 5.19. The predicted octanol–water partition coefficient (Wildman–Crippen LogP) is 2.71. The number of carbonyl (C=O) groups is 2. The summed E-state index contributed by atoms with van der Waals surface area (Å²) in [5, 5.41) is 12.1. The fourth-order valence-electron chi connectivity index (χ4n) is 3.89. The van der Waals surface area contributed by atoms with E-state index in [1.165, 1.54) is 5.56 Å². The molecule has 1 saturated heterocycles. The smallest absolute Gasteiger partial charge is 0.331 e. The van der Waals surface area contributed by atoms with Crippen LogP contribution in [0.3, 0.4) is 0 Å². The Labute approximate surface area is 142 Å². The SMILES string of the molecule is O=C(CC1CCC(c2ccccc2)CC1)NC1(C(=O)O)CCOC1. The van der Waals surface area contributed by atoms with Gasteiger partial charge in [0.1, 0.15) is 0 Å². The first-order valence-electron chi connectivity index (χ1n) is 8.76. The molecule has 1 aromatic carbocycles. The van der Waals surface area contributed by atoms with Gasteiger partial charge in [0.2, 0.25) is 5.91 Å². The van der Waals surface area contributed by atoms with Crippen LogP contribution in [0, 0.1) is 5.92 Å². The maximum atomic E-state index is 12.3. The summed E-state index contributed by atoms with van der Waals surface area (Å²) in [5.74, 6) is -0.232. The van der Waals surface area contributed by atoms with Crippen molar-refractivity contribution >= 4 is 11.9 Å². The Bertz CT molecular complexity index is 572. The largest absolute Gasteiger partial charge is 0.479 e. The summed E-state index contributed by atoms with van der Waals surface area (Å²) in [7, 11) is 0. The molecule has 5 nitrogen and oxygen atoms in total. The van der Waals surface area contributed by atoms with E-state index in [0.29, 0.717) is 31.3 Å². The van der Waals surface area contributed by atoms with Gasteiger partial charge in [-0.3, -0.25) is 4.79 Å². The number of rotatable bonds is 5. The van der Waals surface area contributed by atoms with Crippen molar-refractivity contribution in [3.63, 3.8) is 0 Å². The summed E-state index contributed by atoms with van der Waals surface area (Å²) in [6.07, 6.45) is 4.97. The van der Waals surface area contributed by atoms with Gasteiger partial charge in [-0.2, -0.15) is 0 Å². The third kappa shape index (κ3) is 3.78. The van der Waals surface area contributed by atoms with Crippen LogP contribution >= 0.6 is 0 Å². The first kappa shape index (κ1) is 17.0. The van der Waals surface area contributed by atoms with Crippen molar-refractivity contribution in [3.05, 3.63) is 35.9 Å². The number of carboxylic acids is 1. The summed E-state index contributed by atoms with van der Waals surface area (Å²) in [6.45, 7) is 0.448. The van der Waals surface area contributed by atoms with Gasteiger partial charge in [-0.15, -0.1) is 0 Å². The summed E-state index contributed by atoms with van der Waals surface area (Å²) >= 11 is 0. The van der Waals surface area contributed by atoms with Crippen LogP contribution in [0.5, 0.6) is 0 Å². The van der Waals surface area contributed by atoms with Gasteiger partial charge in [-0.25, -0.2) is 4.79 Å². The minimum absolute atomic E-state index is 0.0643. The molecule has 1 amide bonds. The molecule has 0 aromatic heterocycles. The van der Waals surface area contributed by atoms with Crippen molar-refractivity contribution in [1.82, 2.24) is 5.32 Å². The second-order valence-electron chi connectivity index (χ2n) is 7.07. The molecule has 2 N–H and O–H groups in total. The van der Waals surface area contributed by atoms with Crippen LogP contribution in [-0.4, -0.2) is 35.7 Å². The van der Waals surface area contributed by atoms with E-state index in [-0.39, 0.29) is 12.5 Å². The minimum atomic E-state index is -1.22. The second kappa shape index (κ2) is 7.34. The molecule has 1 aliphatic carbocycles. The number of hydrogen-bond acceptors (Lipinski definition) is 3. The van der Waals surface area contributed by atoms with E-state index in [2.05, 4.69) is 29.6 Å². The fraction of sp³-hybridized carbons (Fsp3) is 0.579. The molecule has 0 radical (unpaired) electrons. The summed E-state index contributed by atoms with van der Waals surface area (Å²) in [5.41, 5.74) is 0.159. The predicted molar refractivity (Wildman–Crippen MR) is 89.7 cm³/mol. The summed E-state index contributed by atoms with van der Waals surface area (Å²) in [4.78, 5) is 23.8. The topological polar surface area (TPSA) is 75.6 Å². The molecule has 2 fully saturated rings. The van der Waals surface area contributed by atoms with E-state index in [0.717, 1.165) is 25.7 Å². The highest BCUT2D eigenvalue weighted by atomic mass is 16.5. The quantitative estimate of drug-likeness (QED) is 0.870. The van der Waals surface area contributed by atoms with Crippen molar-refractivity contribution in [2.24, 2.45) is 5.92 Å². The van der Waals surface area contributed by atoms with Gasteiger partial charge < -0.3 is 15.2 Å². The van der Waals surface area contributed by atoms with Crippen molar-refractivity contribution < 1.29 is 19.4 Å². The fourth-order valence-corrected chi connectivity index (χ4v) is 3.89. The summed E-state index contributed by atoms with van der Waals surface area (Å²) in [6, 6.07) is 10.5. The van der Waals surface area contributed by atoms with Crippen LogP contribution in [0.25, 0.3) is 0 Å². The number of amides is 1. The molecule has 1 heterocycles. The van der Waals surface area contributed by atoms with Crippen molar-refractivity contribution in [2.45, 2.75) is 50.0 Å². The molecule has 2 aliphatic rings. The highest BCUT2D eigenvalue weighted by Crippen LogP contribution is 2.37. The van der Waals surface area contributed by atoms with E-state index in [1.807, 2.05) is 6.07 Å². The van der Waals surface area contributed by atoms with Gasteiger partial charge >= 0.3 is 5.97 Å². The van der Waals surface area contributed by atoms with Crippen LogP contribution in [0.2, 0.25) is 0 Å². The number of nitrogens with one attached hydrogen (secondary N) is 1. The molecule has 3 rings (SSSR count). The third-order valence-corrected chi connectivity index (χ3v) is 5.40. The standard InChI is InChI=1S/C19H25NO4/c21-17(20-19(18(22)23)10-11-24-13-19)12-14-6-8-16(9-7-14)15-4-2-1-3-5-15/h1-5,14,16H,6-13H2,(H,20,21)(H,22,23). The van der Waals surface area contributed by atoms with Crippen molar-refractivity contribution in [3.8, 4) is 0 Å². The number of carboxylic acid groups (broad SMARTS) is 1. The summed E-state index contributed by atoms with van der Waals surface area (Å²) < 4.78 is 5.18. The molecule has 130 valence electrons. The molecule has 1 atom stereocenters. The number of benzene rings is 1. The highest BCUT2D eigenvalue weighted by molar-refractivity contribution is 5.87. The van der Waals surface area contributed by atoms with E-state index in [9.17, 15) is 14.7 Å². The molecule has 1 aliphatic heterocycles. The molecule has 24 heavy (non-hydrogen) atoms. The maximum absolute atomic E-state index is 12.3. The lowest BCUT2D eigenvalue weighted by Crippen LogP contribution is -2.55. The van der Waals surface area contributed by atoms with Gasteiger partial charge in [-0.05, 0) is 43.1 Å². The van der Waals surface area contributed by atoms with E-state index in [1.54, 1.807) is 0 Å². The molecule has 1 unspecified atom stereocenters. The molecular formula is C19H25NO4. The Morgan fingerprint density at radius 3 is 2.46 bits per heavy atom. The molecular weight excluding hydrogens is 306 g/mol. The normalized spacial score (nSPS) is 30.0. The molecule has 5 heteroatoms. The first-order valence-corrected chi connectivity index (χ1v) is 8.76. The Balaban J connectivity index is 1.49. The van der Waals surface area contributed by atoms with Crippen LogP contribution in [0.1, 0.15) is 50.0 Å². The maximum Gasteiger partial charge on any atom is 0.331 e. The molecule has 0 spiro atoms. The van der Waals surface area contributed by atoms with Gasteiger partial charge in [0.15, 0.2) is 5.54 Å². The van der Waals surface area contributed by atoms with Gasteiger partial charge in [0.05, 0.1) is 6.61 Å². The van der Waals surface area contributed by atoms with E-state index >= 15 is 0 Å². The Hall–Kier alpha value is -1.88. The van der Waals surface area contributed by atoms with Crippen LogP contribution in [-0.2, 0) is 14.3 Å². The zero-order valence-electron chi connectivity index (χ0n) is 13.9. The lowest BCUT2D eigenvalue weighted by Gasteiger charge is -2.30. The average Bonchev–Trinajstić information content (AvgIpc) is 3.06. The molecule has 1 saturated carbocycles. The average molecular weight is 331 g/mol. The van der Waals surface area contributed by atoms with E-state index in [4.69, 9.17) is 4.74 Å².